The molecule has 0 fully saturated rings. The van der Waals surface area contributed by atoms with Crippen molar-refractivity contribution >= 4 is 11.7 Å². The average Bonchev–Trinajstić information content (AvgIpc) is 2.86. The van der Waals surface area contributed by atoms with E-state index in [4.69, 9.17) is 19.0 Å². The fraction of sp³-hybridized carbons (Fsp3) is 0.259. The summed E-state index contributed by atoms with van der Waals surface area (Å²) in [6.45, 7) is 2.60. The molecule has 0 radical (unpaired) electrons. The number of carbonyl (C=O) groups is 1. The Kier molecular flexibility index (Phi) is 9.46. The highest BCUT2D eigenvalue weighted by atomic mass is 19.1. The van der Waals surface area contributed by atoms with Gasteiger partial charge in [-0.25, -0.2) is 4.39 Å². The lowest BCUT2D eigenvalue weighted by Gasteiger charge is -2.11. The lowest BCUT2D eigenvalue weighted by atomic mass is 10.1. The highest BCUT2D eigenvalue weighted by Gasteiger charge is 2.09. The Morgan fingerprint density at radius 1 is 0.941 bits per heavy atom. The maximum Gasteiger partial charge on any atom is 0.306 e. The van der Waals surface area contributed by atoms with Crippen LogP contribution in [-0.2, 0) is 27.4 Å². The molecule has 3 aromatic carbocycles. The Balaban J connectivity index is 1.50. The van der Waals surface area contributed by atoms with Crippen LogP contribution in [0.4, 0.5) is 4.39 Å². The van der Waals surface area contributed by atoms with Gasteiger partial charge in [-0.1, -0.05) is 53.7 Å². The molecule has 0 aliphatic heterocycles. The van der Waals surface area contributed by atoms with Gasteiger partial charge in [0, 0.05) is 18.1 Å². The maximum atomic E-state index is 14.3. The first kappa shape index (κ1) is 24.8. The van der Waals surface area contributed by atoms with Crippen LogP contribution in [0.3, 0.4) is 0 Å². The van der Waals surface area contributed by atoms with Crippen LogP contribution in [0.1, 0.15) is 30.0 Å². The van der Waals surface area contributed by atoms with Crippen molar-refractivity contribution in [3.05, 3.63) is 95.3 Å². The minimum Gasteiger partial charge on any atom is -0.489 e. The van der Waals surface area contributed by atoms with Crippen molar-refractivity contribution in [3.63, 3.8) is 0 Å². The van der Waals surface area contributed by atoms with Crippen LogP contribution in [0.5, 0.6) is 11.5 Å². The standard InChI is InChI=1S/C27H28FNO5/c1-3-32-27(30)16-12-21-11-15-24(17-25(21)28)33-18-20-9-13-23(14-10-20)34-19-26(29-31-2)22-7-5-4-6-8-22/h4-11,13-15,17H,3,12,16,18-19H2,1-2H3. The molecule has 0 unspecified atom stereocenters. The van der Waals surface area contributed by atoms with Gasteiger partial charge in [-0.15, -0.1) is 0 Å². The van der Waals surface area contributed by atoms with Crippen molar-refractivity contribution in [2.45, 2.75) is 26.4 Å². The molecule has 0 saturated heterocycles. The molecule has 0 bridgehead atoms. The quantitative estimate of drug-likeness (QED) is 0.206. The summed E-state index contributed by atoms with van der Waals surface area (Å²) in [5.41, 5.74) is 2.97. The van der Waals surface area contributed by atoms with E-state index in [1.165, 1.54) is 13.2 Å². The fourth-order valence-electron chi connectivity index (χ4n) is 3.19. The van der Waals surface area contributed by atoms with Crippen molar-refractivity contribution in [2.75, 3.05) is 20.3 Å². The summed E-state index contributed by atoms with van der Waals surface area (Å²) >= 11 is 0. The van der Waals surface area contributed by atoms with Gasteiger partial charge in [0.2, 0.25) is 0 Å². The number of hydrogen-bond donors (Lipinski definition) is 0. The van der Waals surface area contributed by atoms with Gasteiger partial charge in [0.15, 0.2) is 0 Å². The first-order valence-electron chi connectivity index (χ1n) is 11.0. The molecule has 0 atom stereocenters. The molecule has 3 aromatic rings. The number of oxime groups is 1. The number of esters is 1. The molecular formula is C27H28FNO5. The molecule has 0 amide bonds. The van der Waals surface area contributed by atoms with Crippen LogP contribution in [-0.4, -0.2) is 32.0 Å². The van der Waals surface area contributed by atoms with E-state index >= 15 is 0 Å². The predicted molar refractivity (Wildman–Crippen MR) is 128 cm³/mol. The molecule has 0 spiro atoms. The van der Waals surface area contributed by atoms with Crippen molar-refractivity contribution in [2.24, 2.45) is 5.16 Å². The van der Waals surface area contributed by atoms with E-state index < -0.39 is 5.82 Å². The lowest BCUT2D eigenvalue weighted by molar-refractivity contribution is -0.143. The number of ether oxygens (including phenoxy) is 3. The molecule has 3 rings (SSSR count). The third-order valence-electron chi connectivity index (χ3n) is 4.94. The zero-order valence-electron chi connectivity index (χ0n) is 19.3. The second-order valence-electron chi connectivity index (χ2n) is 7.37. The predicted octanol–water partition coefficient (Wildman–Crippen LogP) is 5.33. The molecule has 0 aliphatic carbocycles. The SMILES string of the molecule is CCOC(=O)CCc1ccc(OCc2ccc(OCC(=NOC)c3ccccc3)cc2)cc1F. The first-order valence-corrected chi connectivity index (χ1v) is 11.0. The van der Waals surface area contributed by atoms with E-state index in [9.17, 15) is 9.18 Å². The number of nitrogens with zero attached hydrogens (tertiary/aromatic N) is 1. The summed E-state index contributed by atoms with van der Waals surface area (Å²) in [5, 5.41) is 4.05. The molecule has 0 aromatic heterocycles. The largest absolute Gasteiger partial charge is 0.489 e. The lowest BCUT2D eigenvalue weighted by Crippen LogP contribution is -2.13. The van der Waals surface area contributed by atoms with E-state index in [1.807, 2.05) is 54.6 Å². The molecule has 0 N–H and O–H groups in total. The van der Waals surface area contributed by atoms with E-state index in [2.05, 4.69) is 5.16 Å². The molecular weight excluding hydrogens is 437 g/mol. The topological polar surface area (TPSA) is 66.4 Å². The highest BCUT2D eigenvalue weighted by Crippen LogP contribution is 2.20. The van der Waals surface area contributed by atoms with Crippen LogP contribution in [0.15, 0.2) is 78.0 Å². The molecule has 0 saturated carbocycles. The minimum atomic E-state index is -0.405. The number of benzene rings is 3. The molecule has 0 heterocycles. The van der Waals surface area contributed by atoms with Gasteiger partial charge in [0.05, 0.1) is 6.61 Å². The third-order valence-corrected chi connectivity index (χ3v) is 4.94. The number of halogens is 1. The van der Waals surface area contributed by atoms with Gasteiger partial charge in [-0.3, -0.25) is 4.79 Å². The molecule has 6 nitrogen and oxygen atoms in total. The number of hydrogen-bond acceptors (Lipinski definition) is 6. The van der Waals surface area contributed by atoms with E-state index in [0.29, 0.717) is 29.4 Å². The van der Waals surface area contributed by atoms with Gasteiger partial charge >= 0.3 is 5.97 Å². The van der Waals surface area contributed by atoms with Crippen molar-refractivity contribution in [1.82, 2.24) is 0 Å². The molecule has 178 valence electrons. The highest BCUT2D eigenvalue weighted by molar-refractivity contribution is 6.01. The Morgan fingerprint density at radius 3 is 2.35 bits per heavy atom. The summed E-state index contributed by atoms with van der Waals surface area (Å²) < 4.78 is 30.8. The normalized spacial score (nSPS) is 11.1. The molecule has 34 heavy (non-hydrogen) atoms. The van der Waals surface area contributed by atoms with Crippen molar-refractivity contribution in [1.29, 1.82) is 0 Å². The number of rotatable bonds is 12. The average molecular weight is 466 g/mol. The molecule has 0 aliphatic rings. The Morgan fingerprint density at radius 2 is 1.68 bits per heavy atom. The fourth-order valence-corrected chi connectivity index (χ4v) is 3.19. The van der Waals surface area contributed by atoms with Gasteiger partial charge < -0.3 is 19.0 Å². The van der Waals surface area contributed by atoms with Crippen molar-refractivity contribution < 1.29 is 28.2 Å². The monoisotopic (exact) mass is 465 g/mol. The summed E-state index contributed by atoms with van der Waals surface area (Å²) in [6, 6.07) is 21.8. The van der Waals surface area contributed by atoms with E-state index in [1.54, 1.807) is 19.1 Å². The third kappa shape index (κ3) is 7.62. The summed E-state index contributed by atoms with van der Waals surface area (Å²) in [5.74, 6) is 0.357. The first-order chi connectivity index (χ1) is 16.6. The van der Waals surface area contributed by atoms with Crippen molar-refractivity contribution in [3.8, 4) is 11.5 Å². The summed E-state index contributed by atoms with van der Waals surface area (Å²) in [7, 11) is 1.50. The minimum absolute atomic E-state index is 0.142. The zero-order chi connectivity index (χ0) is 24.2. The summed E-state index contributed by atoms with van der Waals surface area (Å²) in [6.07, 6.45) is 0.428. The number of aryl methyl sites for hydroxylation is 1. The summed E-state index contributed by atoms with van der Waals surface area (Å²) in [4.78, 5) is 16.4. The number of carbonyl (C=O) groups excluding carboxylic acids is 1. The van der Waals surface area contributed by atoms with Crippen LogP contribution >= 0.6 is 0 Å². The van der Waals surface area contributed by atoms with Gasteiger partial charge in [-0.05, 0) is 42.7 Å². The van der Waals surface area contributed by atoms with Gasteiger partial charge in [0.25, 0.3) is 0 Å². The van der Waals surface area contributed by atoms with Crippen LogP contribution in [0.25, 0.3) is 0 Å². The van der Waals surface area contributed by atoms with E-state index in [-0.39, 0.29) is 32.0 Å². The van der Waals surface area contributed by atoms with Gasteiger partial charge in [0.1, 0.15) is 43.4 Å². The van der Waals surface area contributed by atoms with E-state index in [0.717, 1.165) is 11.1 Å². The Bertz CT molecular complexity index is 1080. The maximum absolute atomic E-state index is 14.3. The van der Waals surface area contributed by atoms with Crippen LogP contribution in [0, 0.1) is 5.82 Å². The zero-order valence-corrected chi connectivity index (χ0v) is 19.3. The van der Waals surface area contributed by atoms with Crippen LogP contribution in [0.2, 0.25) is 0 Å². The smallest absolute Gasteiger partial charge is 0.306 e. The van der Waals surface area contributed by atoms with Crippen LogP contribution < -0.4 is 9.47 Å². The second-order valence-corrected chi connectivity index (χ2v) is 7.37. The van der Waals surface area contributed by atoms with Gasteiger partial charge in [-0.2, -0.15) is 0 Å². The Labute approximate surface area is 198 Å². The molecule has 7 heteroatoms. The Hall–Kier alpha value is -3.87. The second kappa shape index (κ2) is 13.0.